The zero-order chi connectivity index (χ0) is 14.7. The van der Waals surface area contributed by atoms with Crippen molar-refractivity contribution in [2.75, 3.05) is 5.32 Å². The minimum Gasteiger partial charge on any atom is -0.379 e. The van der Waals surface area contributed by atoms with Gasteiger partial charge in [-0.25, -0.2) is 0 Å². The van der Waals surface area contributed by atoms with Crippen LogP contribution in [0.4, 0.5) is 5.69 Å². The highest BCUT2D eigenvalue weighted by Crippen LogP contribution is 2.17. The summed E-state index contributed by atoms with van der Waals surface area (Å²) in [5.41, 5.74) is 5.51. The summed E-state index contributed by atoms with van der Waals surface area (Å²) in [7, 11) is 0. The first kappa shape index (κ1) is 13.4. The van der Waals surface area contributed by atoms with Crippen LogP contribution in [0, 0.1) is 13.8 Å². The van der Waals surface area contributed by atoms with Gasteiger partial charge in [0.05, 0.1) is 18.4 Å². The SMILES string of the molecule is Cc1ccc(C)c(NCc2cnn(-c3ccccc3)n2)c1. The lowest BCUT2D eigenvalue weighted by Crippen LogP contribution is -2.03. The van der Waals surface area contributed by atoms with Gasteiger partial charge in [0.25, 0.3) is 0 Å². The smallest absolute Gasteiger partial charge is 0.102 e. The van der Waals surface area contributed by atoms with E-state index in [1.54, 1.807) is 11.0 Å². The highest BCUT2D eigenvalue weighted by Gasteiger charge is 2.04. The summed E-state index contributed by atoms with van der Waals surface area (Å²) in [5, 5.41) is 12.2. The number of hydrogen-bond donors (Lipinski definition) is 1. The molecule has 1 heterocycles. The van der Waals surface area contributed by atoms with E-state index in [0.29, 0.717) is 6.54 Å². The second-order valence-corrected chi connectivity index (χ2v) is 5.13. The summed E-state index contributed by atoms with van der Waals surface area (Å²) in [6.07, 6.45) is 1.80. The molecule has 0 saturated carbocycles. The molecule has 4 nitrogen and oxygen atoms in total. The predicted molar refractivity (Wildman–Crippen MR) is 84.6 cm³/mol. The number of nitrogens with zero attached hydrogens (tertiary/aromatic N) is 3. The zero-order valence-electron chi connectivity index (χ0n) is 12.2. The average Bonchev–Trinajstić information content (AvgIpc) is 2.98. The Morgan fingerprint density at radius 1 is 1.05 bits per heavy atom. The van der Waals surface area contributed by atoms with E-state index in [0.717, 1.165) is 17.1 Å². The molecule has 0 amide bonds. The van der Waals surface area contributed by atoms with Gasteiger partial charge in [-0.05, 0) is 43.2 Å². The number of benzene rings is 2. The molecule has 106 valence electrons. The van der Waals surface area contributed by atoms with Gasteiger partial charge in [0.2, 0.25) is 0 Å². The van der Waals surface area contributed by atoms with Crippen LogP contribution in [0.5, 0.6) is 0 Å². The predicted octanol–water partition coefficient (Wildman–Crippen LogP) is 3.50. The normalized spacial score (nSPS) is 10.6. The van der Waals surface area contributed by atoms with Crippen LogP contribution >= 0.6 is 0 Å². The van der Waals surface area contributed by atoms with Crippen molar-refractivity contribution in [1.82, 2.24) is 15.0 Å². The molecule has 0 radical (unpaired) electrons. The minimum absolute atomic E-state index is 0.664. The van der Waals surface area contributed by atoms with Gasteiger partial charge < -0.3 is 5.32 Å². The van der Waals surface area contributed by atoms with Crippen LogP contribution in [-0.4, -0.2) is 15.0 Å². The van der Waals surface area contributed by atoms with E-state index in [2.05, 4.69) is 47.6 Å². The third-order valence-electron chi connectivity index (χ3n) is 3.38. The Kier molecular flexibility index (Phi) is 3.69. The largest absolute Gasteiger partial charge is 0.379 e. The summed E-state index contributed by atoms with van der Waals surface area (Å²) in [6.45, 7) is 4.86. The number of rotatable bonds is 4. The van der Waals surface area contributed by atoms with Crippen molar-refractivity contribution in [3.8, 4) is 5.69 Å². The highest BCUT2D eigenvalue weighted by atomic mass is 15.5. The molecule has 3 rings (SSSR count). The monoisotopic (exact) mass is 278 g/mol. The quantitative estimate of drug-likeness (QED) is 0.794. The van der Waals surface area contributed by atoms with Crippen LogP contribution in [0.1, 0.15) is 16.8 Å². The minimum atomic E-state index is 0.664. The van der Waals surface area contributed by atoms with Gasteiger partial charge in [0.1, 0.15) is 5.69 Å². The first-order chi connectivity index (χ1) is 10.2. The lowest BCUT2D eigenvalue weighted by atomic mass is 10.1. The van der Waals surface area contributed by atoms with Gasteiger partial charge in [-0.3, -0.25) is 0 Å². The maximum atomic E-state index is 4.49. The third kappa shape index (κ3) is 3.11. The summed E-state index contributed by atoms with van der Waals surface area (Å²) >= 11 is 0. The summed E-state index contributed by atoms with van der Waals surface area (Å²) < 4.78 is 0. The topological polar surface area (TPSA) is 42.7 Å². The fourth-order valence-corrected chi connectivity index (χ4v) is 2.17. The van der Waals surface area contributed by atoms with Crippen molar-refractivity contribution in [2.45, 2.75) is 20.4 Å². The molecule has 0 spiro atoms. The van der Waals surface area contributed by atoms with Crippen molar-refractivity contribution < 1.29 is 0 Å². The Labute approximate surface area is 124 Å². The number of hydrogen-bond acceptors (Lipinski definition) is 3. The molecule has 0 aliphatic heterocycles. The highest BCUT2D eigenvalue weighted by molar-refractivity contribution is 5.52. The van der Waals surface area contributed by atoms with E-state index < -0.39 is 0 Å². The van der Waals surface area contributed by atoms with Gasteiger partial charge in [0, 0.05) is 5.69 Å². The fourth-order valence-electron chi connectivity index (χ4n) is 2.17. The zero-order valence-corrected chi connectivity index (χ0v) is 12.2. The van der Waals surface area contributed by atoms with Gasteiger partial charge in [-0.1, -0.05) is 30.3 Å². The molecule has 3 aromatic rings. The number of aryl methyl sites for hydroxylation is 2. The number of para-hydroxylation sites is 1. The standard InChI is InChI=1S/C17H18N4/c1-13-8-9-14(2)17(10-13)18-11-15-12-19-21(20-15)16-6-4-3-5-7-16/h3-10,12,18H,11H2,1-2H3. The molecule has 0 fully saturated rings. The summed E-state index contributed by atoms with van der Waals surface area (Å²) in [5.74, 6) is 0. The van der Waals surface area contributed by atoms with Crippen LogP contribution in [-0.2, 0) is 6.54 Å². The number of anilines is 1. The van der Waals surface area contributed by atoms with E-state index in [1.807, 2.05) is 30.3 Å². The van der Waals surface area contributed by atoms with Gasteiger partial charge in [-0.15, -0.1) is 0 Å². The van der Waals surface area contributed by atoms with Gasteiger partial charge >= 0.3 is 0 Å². The Morgan fingerprint density at radius 3 is 2.67 bits per heavy atom. The van der Waals surface area contributed by atoms with Gasteiger partial charge in [0.15, 0.2) is 0 Å². The van der Waals surface area contributed by atoms with E-state index in [1.165, 1.54) is 11.1 Å². The van der Waals surface area contributed by atoms with Crippen molar-refractivity contribution >= 4 is 5.69 Å². The molecule has 0 atom stereocenters. The third-order valence-corrected chi connectivity index (χ3v) is 3.38. The van der Waals surface area contributed by atoms with Crippen molar-refractivity contribution in [2.24, 2.45) is 0 Å². The van der Waals surface area contributed by atoms with Crippen molar-refractivity contribution in [3.63, 3.8) is 0 Å². The van der Waals surface area contributed by atoms with E-state index in [-0.39, 0.29) is 0 Å². The molecule has 1 aromatic heterocycles. The summed E-state index contributed by atoms with van der Waals surface area (Å²) in [4.78, 5) is 1.65. The Hall–Kier alpha value is -2.62. The second-order valence-electron chi connectivity index (χ2n) is 5.13. The Bertz CT molecular complexity index is 732. The van der Waals surface area contributed by atoms with Crippen LogP contribution in [0.3, 0.4) is 0 Å². The summed E-state index contributed by atoms with van der Waals surface area (Å²) in [6, 6.07) is 16.3. The second kappa shape index (κ2) is 5.79. The first-order valence-electron chi connectivity index (χ1n) is 7.00. The number of nitrogens with one attached hydrogen (secondary N) is 1. The van der Waals surface area contributed by atoms with Crippen LogP contribution < -0.4 is 5.32 Å². The average molecular weight is 278 g/mol. The molecule has 2 aromatic carbocycles. The molecule has 4 heteroatoms. The first-order valence-corrected chi connectivity index (χ1v) is 7.00. The maximum absolute atomic E-state index is 4.49. The number of aromatic nitrogens is 3. The van der Waals surface area contributed by atoms with Gasteiger partial charge in [-0.2, -0.15) is 15.0 Å². The molecular formula is C17H18N4. The lowest BCUT2D eigenvalue weighted by molar-refractivity contribution is 0.740. The molecule has 0 aliphatic rings. The van der Waals surface area contributed by atoms with E-state index in [9.17, 15) is 0 Å². The van der Waals surface area contributed by atoms with E-state index >= 15 is 0 Å². The lowest BCUT2D eigenvalue weighted by Gasteiger charge is -2.08. The fraction of sp³-hybridized carbons (Fsp3) is 0.176. The molecule has 1 N–H and O–H groups in total. The molecule has 0 aliphatic carbocycles. The molecule has 0 bridgehead atoms. The van der Waals surface area contributed by atoms with Crippen LogP contribution in [0.15, 0.2) is 54.7 Å². The Morgan fingerprint density at radius 2 is 1.86 bits per heavy atom. The maximum Gasteiger partial charge on any atom is 0.102 e. The molecule has 0 unspecified atom stereocenters. The van der Waals surface area contributed by atoms with Crippen molar-refractivity contribution in [1.29, 1.82) is 0 Å². The van der Waals surface area contributed by atoms with Crippen LogP contribution in [0.2, 0.25) is 0 Å². The van der Waals surface area contributed by atoms with E-state index in [4.69, 9.17) is 0 Å². The molecule has 21 heavy (non-hydrogen) atoms. The Balaban J connectivity index is 1.72. The van der Waals surface area contributed by atoms with Crippen molar-refractivity contribution in [3.05, 3.63) is 71.5 Å². The molecule has 0 saturated heterocycles. The molecular weight excluding hydrogens is 260 g/mol. The van der Waals surface area contributed by atoms with Crippen LogP contribution in [0.25, 0.3) is 5.69 Å².